The lowest BCUT2D eigenvalue weighted by Crippen LogP contribution is -2.51. The average Bonchev–Trinajstić information content (AvgIpc) is 3.31. The number of ether oxygens (including phenoxy) is 2. The molecule has 208 valence electrons. The minimum absolute atomic E-state index is 0.0707. The SMILES string of the molecule is C[C@H](OCc1ccccc1)[C@@H](NC(=O)OCC1c2ccccc2-c2ccccc21)C(=O)Nc1ccccc1C(=O)O. The van der Waals surface area contributed by atoms with Crippen LogP contribution in [0, 0.1) is 0 Å². The number of alkyl carbamates (subject to hydrolysis) is 1. The van der Waals surface area contributed by atoms with E-state index in [9.17, 15) is 19.5 Å². The van der Waals surface area contributed by atoms with Gasteiger partial charge in [0.1, 0.15) is 12.6 Å². The van der Waals surface area contributed by atoms with Gasteiger partial charge in [-0.3, -0.25) is 4.79 Å². The van der Waals surface area contributed by atoms with E-state index in [2.05, 4.69) is 22.8 Å². The summed E-state index contributed by atoms with van der Waals surface area (Å²) in [5, 5.41) is 14.8. The van der Waals surface area contributed by atoms with Crippen molar-refractivity contribution in [3.63, 3.8) is 0 Å². The van der Waals surface area contributed by atoms with Gasteiger partial charge in [-0.1, -0.05) is 91.0 Å². The van der Waals surface area contributed by atoms with Crippen molar-refractivity contribution in [3.8, 4) is 11.1 Å². The van der Waals surface area contributed by atoms with Gasteiger partial charge in [0.05, 0.1) is 24.0 Å². The van der Waals surface area contributed by atoms with E-state index in [4.69, 9.17) is 9.47 Å². The number of carbonyl (C=O) groups is 3. The van der Waals surface area contributed by atoms with Crippen molar-refractivity contribution in [3.05, 3.63) is 125 Å². The van der Waals surface area contributed by atoms with Crippen LogP contribution in [-0.4, -0.2) is 41.8 Å². The highest BCUT2D eigenvalue weighted by molar-refractivity contribution is 6.03. The zero-order valence-electron chi connectivity index (χ0n) is 22.4. The van der Waals surface area contributed by atoms with Crippen molar-refractivity contribution < 1.29 is 29.0 Å². The summed E-state index contributed by atoms with van der Waals surface area (Å²) in [7, 11) is 0. The number of amides is 2. The summed E-state index contributed by atoms with van der Waals surface area (Å²) in [6.07, 6.45) is -1.55. The first-order valence-corrected chi connectivity index (χ1v) is 13.3. The first-order valence-electron chi connectivity index (χ1n) is 13.3. The second-order valence-corrected chi connectivity index (χ2v) is 9.79. The molecule has 0 heterocycles. The molecule has 1 aliphatic rings. The number of hydrogen-bond acceptors (Lipinski definition) is 5. The van der Waals surface area contributed by atoms with Gasteiger partial charge in [-0.05, 0) is 46.9 Å². The highest BCUT2D eigenvalue weighted by Crippen LogP contribution is 2.44. The molecule has 0 aliphatic heterocycles. The molecule has 0 saturated carbocycles. The average molecular weight is 551 g/mol. The molecular weight excluding hydrogens is 520 g/mol. The normalized spacial score (nSPS) is 13.4. The standard InChI is InChI=1S/C33H30N2O6/c1-21(40-19-22-11-3-2-4-12-22)30(31(36)34-29-18-10-9-17-27(29)32(37)38)35-33(39)41-20-28-25-15-7-5-13-23(25)24-14-6-8-16-26(24)28/h2-18,21,28,30H,19-20H2,1H3,(H,34,36)(H,35,39)(H,37,38)/t21-,30+/m0/s1. The van der Waals surface area contributed by atoms with Crippen molar-refractivity contribution in [1.29, 1.82) is 0 Å². The number of rotatable bonds is 10. The van der Waals surface area contributed by atoms with Gasteiger partial charge in [0.2, 0.25) is 5.91 Å². The maximum atomic E-state index is 13.4. The highest BCUT2D eigenvalue weighted by atomic mass is 16.5. The van der Waals surface area contributed by atoms with Crippen LogP contribution in [-0.2, 0) is 20.9 Å². The van der Waals surface area contributed by atoms with Gasteiger partial charge in [-0.25, -0.2) is 9.59 Å². The third-order valence-electron chi connectivity index (χ3n) is 7.14. The topological polar surface area (TPSA) is 114 Å². The van der Waals surface area contributed by atoms with Gasteiger partial charge in [0, 0.05) is 5.92 Å². The van der Waals surface area contributed by atoms with Gasteiger partial charge in [-0.2, -0.15) is 0 Å². The summed E-state index contributed by atoms with van der Waals surface area (Å²) in [6.45, 7) is 1.96. The Hall–Kier alpha value is -4.95. The van der Waals surface area contributed by atoms with Gasteiger partial charge in [-0.15, -0.1) is 0 Å². The zero-order chi connectivity index (χ0) is 28.8. The third-order valence-corrected chi connectivity index (χ3v) is 7.14. The van der Waals surface area contributed by atoms with Gasteiger partial charge in [0.25, 0.3) is 0 Å². The lowest BCUT2D eigenvalue weighted by atomic mass is 9.98. The molecule has 1 aliphatic carbocycles. The van der Waals surface area contributed by atoms with Crippen molar-refractivity contribution in [2.75, 3.05) is 11.9 Å². The number of anilines is 1. The van der Waals surface area contributed by atoms with Crippen LogP contribution in [0.3, 0.4) is 0 Å². The Morgan fingerprint density at radius 2 is 1.39 bits per heavy atom. The number of fused-ring (bicyclic) bond motifs is 3. The predicted octanol–water partition coefficient (Wildman–Crippen LogP) is 5.84. The molecule has 8 nitrogen and oxygen atoms in total. The van der Waals surface area contributed by atoms with E-state index in [1.165, 1.54) is 12.1 Å². The Labute approximate surface area is 237 Å². The molecule has 0 bridgehead atoms. The predicted molar refractivity (Wildman–Crippen MR) is 155 cm³/mol. The van der Waals surface area contributed by atoms with Crippen LogP contribution in [0.1, 0.15) is 39.9 Å². The summed E-state index contributed by atoms with van der Waals surface area (Å²) >= 11 is 0. The third kappa shape index (κ3) is 6.28. The number of hydrogen-bond donors (Lipinski definition) is 3. The van der Waals surface area contributed by atoms with Crippen LogP contribution < -0.4 is 10.6 Å². The number of carboxylic acid groups (broad SMARTS) is 1. The maximum Gasteiger partial charge on any atom is 0.407 e. The molecule has 0 saturated heterocycles. The molecule has 0 unspecified atom stereocenters. The number of para-hydroxylation sites is 1. The Balaban J connectivity index is 1.31. The molecule has 0 radical (unpaired) electrons. The van der Waals surface area contributed by atoms with Crippen molar-refractivity contribution in [1.82, 2.24) is 5.32 Å². The van der Waals surface area contributed by atoms with E-state index in [-0.39, 0.29) is 30.4 Å². The molecule has 4 aromatic rings. The largest absolute Gasteiger partial charge is 0.478 e. The first kappa shape index (κ1) is 27.6. The highest BCUT2D eigenvalue weighted by Gasteiger charge is 2.32. The Bertz CT molecular complexity index is 1510. The fourth-order valence-electron chi connectivity index (χ4n) is 5.05. The summed E-state index contributed by atoms with van der Waals surface area (Å²) < 4.78 is 11.6. The number of aromatic carboxylic acids is 1. The molecule has 2 atom stereocenters. The minimum atomic E-state index is -1.18. The zero-order valence-corrected chi connectivity index (χ0v) is 22.4. The van der Waals surface area contributed by atoms with E-state index < -0.39 is 30.1 Å². The van der Waals surface area contributed by atoms with Crippen LogP contribution in [0.5, 0.6) is 0 Å². The van der Waals surface area contributed by atoms with Crippen LogP contribution >= 0.6 is 0 Å². The molecule has 0 spiro atoms. The smallest absolute Gasteiger partial charge is 0.407 e. The van der Waals surface area contributed by atoms with Crippen molar-refractivity contribution >= 4 is 23.7 Å². The maximum absolute atomic E-state index is 13.4. The molecule has 3 N–H and O–H groups in total. The number of nitrogens with one attached hydrogen (secondary N) is 2. The molecule has 8 heteroatoms. The summed E-state index contributed by atoms with van der Waals surface area (Å²) in [5.41, 5.74) is 5.29. The number of carbonyl (C=O) groups excluding carboxylic acids is 2. The van der Waals surface area contributed by atoms with Crippen LogP contribution in [0.4, 0.5) is 10.5 Å². The molecular formula is C33H30N2O6. The monoisotopic (exact) mass is 550 g/mol. The molecule has 0 aromatic heterocycles. The summed E-state index contributed by atoms with van der Waals surface area (Å²) in [5.74, 6) is -1.96. The van der Waals surface area contributed by atoms with Crippen molar-refractivity contribution in [2.24, 2.45) is 0 Å². The Morgan fingerprint density at radius 1 is 0.805 bits per heavy atom. The van der Waals surface area contributed by atoms with Gasteiger partial charge in [0.15, 0.2) is 0 Å². The van der Waals surface area contributed by atoms with Crippen LogP contribution in [0.15, 0.2) is 103 Å². The number of benzene rings is 4. The van der Waals surface area contributed by atoms with Gasteiger partial charge < -0.3 is 25.2 Å². The lowest BCUT2D eigenvalue weighted by Gasteiger charge is -2.25. The Kier molecular flexibility index (Phi) is 8.41. The molecule has 5 rings (SSSR count). The molecule has 0 fully saturated rings. The van der Waals surface area contributed by atoms with E-state index in [1.807, 2.05) is 66.7 Å². The second-order valence-electron chi connectivity index (χ2n) is 9.79. The van der Waals surface area contributed by atoms with E-state index in [0.29, 0.717) is 0 Å². The molecule has 4 aromatic carbocycles. The fourth-order valence-corrected chi connectivity index (χ4v) is 5.05. The van der Waals surface area contributed by atoms with Gasteiger partial charge >= 0.3 is 12.1 Å². The fraction of sp³-hybridized carbons (Fsp3) is 0.182. The summed E-state index contributed by atoms with van der Waals surface area (Å²) in [6, 6.07) is 30.4. The number of carboxylic acids is 1. The van der Waals surface area contributed by atoms with Crippen LogP contribution in [0.2, 0.25) is 0 Å². The minimum Gasteiger partial charge on any atom is -0.478 e. The van der Waals surface area contributed by atoms with E-state index in [0.717, 1.165) is 27.8 Å². The Morgan fingerprint density at radius 3 is 2.05 bits per heavy atom. The lowest BCUT2D eigenvalue weighted by molar-refractivity contribution is -0.121. The molecule has 2 amide bonds. The van der Waals surface area contributed by atoms with E-state index in [1.54, 1.807) is 19.1 Å². The quantitative estimate of drug-likeness (QED) is 0.229. The van der Waals surface area contributed by atoms with Crippen LogP contribution in [0.25, 0.3) is 11.1 Å². The van der Waals surface area contributed by atoms with Crippen molar-refractivity contribution in [2.45, 2.75) is 31.6 Å². The first-order chi connectivity index (χ1) is 19.9. The summed E-state index contributed by atoms with van der Waals surface area (Å²) in [4.78, 5) is 38.2. The molecule has 41 heavy (non-hydrogen) atoms. The second kappa shape index (κ2) is 12.5. The van der Waals surface area contributed by atoms with E-state index >= 15 is 0 Å².